The molecule has 6 N–H and O–H groups in total. The summed E-state index contributed by atoms with van der Waals surface area (Å²) in [6.07, 6.45) is 0. The van der Waals surface area contributed by atoms with Gasteiger partial charge in [0.05, 0.1) is 0 Å². The van der Waals surface area contributed by atoms with Gasteiger partial charge in [0.15, 0.2) is 0 Å². The van der Waals surface area contributed by atoms with Crippen molar-refractivity contribution in [2.45, 2.75) is 0 Å². The highest BCUT2D eigenvalue weighted by Crippen LogP contribution is 2.31. The van der Waals surface area contributed by atoms with E-state index in [1.165, 1.54) is 0 Å². The average molecular weight is 304 g/mol. The molecule has 0 unspecified atom stereocenters. The van der Waals surface area contributed by atoms with Crippen LogP contribution in [0.1, 0.15) is 11.1 Å². The molecule has 0 radical (unpaired) electrons. The van der Waals surface area contributed by atoms with E-state index < -0.39 is 0 Å². The third-order valence-electron chi connectivity index (χ3n) is 3.57. The highest BCUT2D eigenvalue weighted by Gasteiger charge is 2.14. The quantitative estimate of drug-likeness (QED) is 0.438. The van der Waals surface area contributed by atoms with Crippen LogP contribution in [-0.2, 0) is 0 Å². The van der Waals surface area contributed by atoms with E-state index in [0.717, 1.165) is 11.1 Å². The predicted molar refractivity (Wildman–Crippen MR) is 91.6 cm³/mol. The fourth-order valence-electron chi connectivity index (χ4n) is 2.49. The summed E-state index contributed by atoms with van der Waals surface area (Å²) in [6, 6.07) is 18.3. The van der Waals surface area contributed by atoms with Crippen molar-refractivity contribution in [3.63, 3.8) is 0 Å². The first-order valence-corrected chi connectivity index (χ1v) is 7.05. The Labute approximate surface area is 133 Å². The van der Waals surface area contributed by atoms with Crippen LogP contribution in [0.5, 0.6) is 0 Å². The molecule has 0 aliphatic heterocycles. The van der Waals surface area contributed by atoms with E-state index in [0.29, 0.717) is 22.6 Å². The topological polar surface area (TPSA) is 113 Å². The summed E-state index contributed by atoms with van der Waals surface area (Å²) in [4.78, 5) is 0. The first-order chi connectivity index (χ1) is 11.1. The van der Waals surface area contributed by atoms with Crippen molar-refractivity contribution in [3.05, 3.63) is 71.8 Å². The summed E-state index contributed by atoms with van der Waals surface area (Å²) >= 11 is 0. The van der Waals surface area contributed by atoms with Crippen LogP contribution in [-0.4, -0.2) is 11.7 Å². The van der Waals surface area contributed by atoms with Gasteiger partial charge in [0.1, 0.15) is 23.2 Å². The van der Waals surface area contributed by atoms with E-state index in [-0.39, 0.29) is 11.7 Å². The van der Waals surface area contributed by atoms with Gasteiger partial charge in [0.25, 0.3) is 0 Å². The second kappa shape index (κ2) is 5.81. The highest BCUT2D eigenvalue weighted by atomic mass is 16.3. The van der Waals surface area contributed by atoms with Gasteiger partial charge in [-0.15, -0.1) is 0 Å². The van der Waals surface area contributed by atoms with Crippen LogP contribution in [0, 0.1) is 10.8 Å². The van der Waals surface area contributed by atoms with Crippen molar-refractivity contribution in [1.29, 1.82) is 10.8 Å². The smallest absolute Gasteiger partial charge is 0.135 e. The van der Waals surface area contributed by atoms with E-state index in [9.17, 15) is 0 Å². The number of benzene rings is 2. The van der Waals surface area contributed by atoms with Gasteiger partial charge < -0.3 is 15.9 Å². The number of hydrogen-bond donors (Lipinski definition) is 4. The van der Waals surface area contributed by atoms with Crippen LogP contribution in [0.4, 0.5) is 0 Å². The zero-order valence-electron chi connectivity index (χ0n) is 12.3. The molecule has 0 saturated heterocycles. The number of amidine groups is 2. The molecule has 2 aromatic carbocycles. The van der Waals surface area contributed by atoms with Crippen molar-refractivity contribution < 1.29 is 4.42 Å². The molecular weight excluding hydrogens is 288 g/mol. The number of nitrogen functional groups attached to an aromatic ring is 2. The number of nitrogens with two attached hydrogens (primary N) is 2. The Kier molecular flexibility index (Phi) is 3.68. The summed E-state index contributed by atoms with van der Waals surface area (Å²) in [5.41, 5.74) is 14.0. The maximum absolute atomic E-state index is 7.68. The number of nitrogens with one attached hydrogen (secondary N) is 2. The van der Waals surface area contributed by atoms with E-state index in [4.69, 9.17) is 26.7 Å². The first kappa shape index (κ1) is 14.6. The van der Waals surface area contributed by atoms with Gasteiger partial charge in [0.2, 0.25) is 0 Å². The summed E-state index contributed by atoms with van der Waals surface area (Å²) in [5.74, 6) is 1.21. The van der Waals surface area contributed by atoms with E-state index in [2.05, 4.69) is 0 Å². The van der Waals surface area contributed by atoms with Crippen LogP contribution in [0.2, 0.25) is 0 Å². The zero-order valence-corrected chi connectivity index (χ0v) is 12.3. The average Bonchev–Trinajstić information content (AvgIpc) is 3.04. The first-order valence-electron chi connectivity index (χ1n) is 7.05. The predicted octanol–water partition coefficient (Wildman–Crippen LogP) is 3.18. The molecule has 1 aromatic heterocycles. The Hall–Kier alpha value is -3.34. The number of furan rings is 1. The molecule has 0 atom stereocenters. The van der Waals surface area contributed by atoms with Crippen molar-refractivity contribution >= 4 is 11.7 Å². The van der Waals surface area contributed by atoms with Gasteiger partial charge in [-0.25, -0.2) is 0 Å². The second-order valence-electron chi connectivity index (χ2n) is 5.08. The van der Waals surface area contributed by atoms with Crippen LogP contribution in [0.25, 0.3) is 22.6 Å². The van der Waals surface area contributed by atoms with Gasteiger partial charge in [-0.1, -0.05) is 48.5 Å². The molecule has 0 bridgehead atoms. The molecule has 0 fully saturated rings. The Bertz CT molecular complexity index is 823. The number of hydrogen-bond acceptors (Lipinski definition) is 3. The van der Waals surface area contributed by atoms with E-state index in [1.54, 1.807) is 12.1 Å². The van der Waals surface area contributed by atoms with Gasteiger partial charge in [-0.3, -0.25) is 10.8 Å². The molecule has 3 aromatic rings. The Balaban J connectivity index is 2.09. The fourth-order valence-corrected chi connectivity index (χ4v) is 2.49. The lowest BCUT2D eigenvalue weighted by molar-refractivity contribution is 0.597. The van der Waals surface area contributed by atoms with Gasteiger partial charge in [-0.2, -0.15) is 0 Å². The molecule has 0 saturated carbocycles. The zero-order chi connectivity index (χ0) is 16.4. The lowest BCUT2D eigenvalue weighted by atomic mass is 10.0. The maximum atomic E-state index is 7.68. The highest BCUT2D eigenvalue weighted by molar-refractivity contribution is 6.02. The second-order valence-corrected chi connectivity index (χ2v) is 5.08. The van der Waals surface area contributed by atoms with E-state index >= 15 is 0 Å². The third kappa shape index (κ3) is 2.72. The van der Waals surface area contributed by atoms with Gasteiger partial charge >= 0.3 is 0 Å². The lowest BCUT2D eigenvalue weighted by Gasteiger charge is -2.07. The van der Waals surface area contributed by atoms with Crippen molar-refractivity contribution in [3.8, 4) is 22.6 Å². The standard InChI is InChI=1S/C18H16N4O/c19-17(20)13-7-3-1-5-11(13)15-9-10-16(23-15)12-6-2-4-8-14(12)18(21)22/h1-10H,(H3,19,20)(H3,21,22). The Morgan fingerprint density at radius 3 is 1.43 bits per heavy atom. The monoisotopic (exact) mass is 304 g/mol. The molecular formula is C18H16N4O. The summed E-state index contributed by atoms with van der Waals surface area (Å²) in [7, 11) is 0. The van der Waals surface area contributed by atoms with Crippen LogP contribution in [0.15, 0.2) is 65.1 Å². The molecule has 0 aliphatic carbocycles. The van der Waals surface area contributed by atoms with Crippen LogP contribution < -0.4 is 11.5 Å². The third-order valence-corrected chi connectivity index (χ3v) is 3.57. The molecule has 3 rings (SSSR count). The van der Waals surface area contributed by atoms with Gasteiger partial charge in [-0.05, 0) is 12.1 Å². The van der Waals surface area contributed by atoms with Gasteiger partial charge in [0, 0.05) is 22.3 Å². The van der Waals surface area contributed by atoms with Crippen molar-refractivity contribution in [1.82, 2.24) is 0 Å². The summed E-state index contributed by atoms with van der Waals surface area (Å²) in [6.45, 7) is 0. The Morgan fingerprint density at radius 2 is 1.04 bits per heavy atom. The molecule has 23 heavy (non-hydrogen) atoms. The Morgan fingerprint density at radius 1 is 0.652 bits per heavy atom. The lowest BCUT2D eigenvalue weighted by Crippen LogP contribution is -2.12. The van der Waals surface area contributed by atoms with E-state index in [1.807, 2.05) is 48.5 Å². The molecule has 114 valence electrons. The molecule has 5 nitrogen and oxygen atoms in total. The van der Waals surface area contributed by atoms with Crippen LogP contribution >= 0.6 is 0 Å². The molecule has 5 heteroatoms. The molecule has 1 heterocycles. The summed E-state index contributed by atoms with van der Waals surface area (Å²) < 4.78 is 5.93. The largest absolute Gasteiger partial charge is 0.456 e. The maximum Gasteiger partial charge on any atom is 0.135 e. The van der Waals surface area contributed by atoms with Crippen LogP contribution in [0.3, 0.4) is 0 Å². The molecule has 0 amide bonds. The minimum absolute atomic E-state index is 0.0114. The number of rotatable bonds is 4. The molecule has 0 spiro atoms. The van der Waals surface area contributed by atoms with Crippen molar-refractivity contribution in [2.24, 2.45) is 11.5 Å². The fraction of sp³-hybridized carbons (Fsp3) is 0. The summed E-state index contributed by atoms with van der Waals surface area (Å²) in [5, 5.41) is 15.4. The van der Waals surface area contributed by atoms with Crippen molar-refractivity contribution in [2.75, 3.05) is 0 Å². The normalized spacial score (nSPS) is 10.4. The minimum Gasteiger partial charge on any atom is -0.456 e. The molecule has 0 aliphatic rings. The minimum atomic E-state index is -0.0114. The SMILES string of the molecule is N=C(N)c1ccccc1-c1ccc(-c2ccccc2C(=N)N)o1.